The summed E-state index contributed by atoms with van der Waals surface area (Å²) in [5.41, 5.74) is 0.942. The summed E-state index contributed by atoms with van der Waals surface area (Å²) in [6.45, 7) is 4.32. The Morgan fingerprint density at radius 3 is 2.52 bits per heavy atom. The monoisotopic (exact) mass is 300 g/mol. The first-order valence-electron chi connectivity index (χ1n) is 7.50. The van der Waals surface area contributed by atoms with Crippen molar-refractivity contribution >= 4 is 0 Å². The number of hydrogen-bond acceptors (Lipinski definition) is 2. The number of nitrogens with one attached hydrogen (secondary N) is 1. The van der Waals surface area contributed by atoms with E-state index < -0.39 is 12.7 Å². The van der Waals surface area contributed by atoms with E-state index in [1.54, 1.807) is 4.90 Å². The highest BCUT2D eigenvalue weighted by Crippen LogP contribution is 2.29. The first-order chi connectivity index (χ1) is 9.90. The van der Waals surface area contributed by atoms with E-state index in [4.69, 9.17) is 0 Å². The van der Waals surface area contributed by atoms with Gasteiger partial charge in [-0.2, -0.15) is 13.2 Å². The van der Waals surface area contributed by atoms with Gasteiger partial charge < -0.3 is 5.32 Å². The molecule has 0 aromatic heterocycles. The fourth-order valence-electron chi connectivity index (χ4n) is 2.91. The number of alkyl halides is 3. The van der Waals surface area contributed by atoms with Gasteiger partial charge in [-0.3, -0.25) is 4.90 Å². The summed E-state index contributed by atoms with van der Waals surface area (Å²) < 4.78 is 38.6. The Balaban J connectivity index is 2.16. The Morgan fingerprint density at radius 1 is 1.29 bits per heavy atom. The third-order valence-corrected chi connectivity index (χ3v) is 4.34. The molecule has 1 aliphatic rings. The molecule has 1 fully saturated rings. The largest absolute Gasteiger partial charge is 0.401 e. The van der Waals surface area contributed by atoms with Gasteiger partial charge in [0.25, 0.3) is 0 Å². The molecule has 0 radical (unpaired) electrons. The van der Waals surface area contributed by atoms with Gasteiger partial charge in [0, 0.05) is 25.2 Å². The van der Waals surface area contributed by atoms with E-state index in [1.807, 2.05) is 30.3 Å². The molecule has 0 aliphatic carbocycles. The van der Waals surface area contributed by atoms with E-state index in [-0.39, 0.29) is 12.1 Å². The molecule has 1 aromatic carbocycles. The van der Waals surface area contributed by atoms with Gasteiger partial charge in [-0.05, 0) is 11.5 Å². The Morgan fingerprint density at radius 2 is 1.95 bits per heavy atom. The summed E-state index contributed by atoms with van der Waals surface area (Å²) in [5.74, 6) is 0.373. The predicted octanol–water partition coefficient (Wildman–Crippen LogP) is 3.61. The van der Waals surface area contributed by atoms with Gasteiger partial charge in [-0.15, -0.1) is 0 Å². The molecule has 5 heteroatoms. The quantitative estimate of drug-likeness (QED) is 0.914. The molecule has 118 valence electrons. The average molecular weight is 300 g/mol. The van der Waals surface area contributed by atoms with Crippen LogP contribution in [0.1, 0.15) is 31.9 Å². The van der Waals surface area contributed by atoms with E-state index in [0.29, 0.717) is 19.0 Å². The summed E-state index contributed by atoms with van der Waals surface area (Å²) in [7, 11) is 0. The highest BCUT2D eigenvalue weighted by Gasteiger charge is 2.38. The van der Waals surface area contributed by atoms with Gasteiger partial charge in [0.05, 0.1) is 6.54 Å². The lowest BCUT2D eigenvalue weighted by Gasteiger charge is -2.42. The second kappa shape index (κ2) is 6.79. The van der Waals surface area contributed by atoms with Crippen molar-refractivity contribution in [2.75, 3.05) is 19.6 Å². The van der Waals surface area contributed by atoms with Gasteiger partial charge in [-0.25, -0.2) is 0 Å². The molecule has 0 spiro atoms. The maximum absolute atomic E-state index is 12.9. The van der Waals surface area contributed by atoms with Gasteiger partial charge in [0.2, 0.25) is 0 Å². The summed E-state index contributed by atoms with van der Waals surface area (Å²) in [6.07, 6.45) is -3.20. The van der Waals surface area contributed by atoms with E-state index in [0.717, 1.165) is 12.0 Å². The number of halogens is 3. The lowest BCUT2D eigenvalue weighted by molar-refractivity contribution is -0.155. The van der Waals surface area contributed by atoms with Gasteiger partial charge in [-0.1, -0.05) is 50.6 Å². The maximum atomic E-state index is 12.9. The minimum Gasteiger partial charge on any atom is -0.311 e. The third kappa shape index (κ3) is 4.45. The first kappa shape index (κ1) is 16.3. The molecule has 0 saturated carbocycles. The molecule has 0 amide bonds. The van der Waals surface area contributed by atoms with Crippen molar-refractivity contribution in [2.45, 2.75) is 38.5 Å². The lowest BCUT2D eigenvalue weighted by Crippen LogP contribution is -2.56. The van der Waals surface area contributed by atoms with Crippen LogP contribution in [-0.4, -0.2) is 36.8 Å². The van der Waals surface area contributed by atoms with Crippen LogP contribution >= 0.6 is 0 Å². The SMILES string of the molecule is CCC(C)C1CN(CC(F)(F)F)C(c2ccccc2)CN1. The van der Waals surface area contributed by atoms with Crippen molar-refractivity contribution in [1.82, 2.24) is 10.2 Å². The minimum absolute atomic E-state index is 0.123. The zero-order chi connectivity index (χ0) is 15.5. The Labute approximate surface area is 124 Å². The standard InChI is InChI=1S/C16H23F3N2/c1-3-12(2)14-10-21(11-16(17,18)19)15(9-20-14)13-7-5-4-6-8-13/h4-8,12,14-15,20H,3,9-11H2,1-2H3. The molecule has 2 rings (SSSR count). The Kier molecular flexibility index (Phi) is 5.27. The highest BCUT2D eigenvalue weighted by atomic mass is 19.4. The topological polar surface area (TPSA) is 15.3 Å². The van der Waals surface area contributed by atoms with E-state index in [9.17, 15) is 13.2 Å². The van der Waals surface area contributed by atoms with Gasteiger partial charge in [0.15, 0.2) is 0 Å². The summed E-state index contributed by atoms with van der Waals surface area (Å²) >= 11 is 0. The van der Waals surface area contributed by atoms with Gasteiger partial charge >= 0.3 is 6.18 Å². The first-order valence-corrected chi connectivity index (χ1v) is 7.50. The molecule has 0 bridgehead atoms. The van der Waals surface area contributed by atoms with Crippen molar-refractivity contribution in [3.8, 4) is 0 Å². The van der Waals surface area contributed by atoms with Crippen molar-refractivity contribution in [3.05, 3.63) is 35.9 Å². The second-order valence-electron chi connectivity index (χ2n) is 5.87. The molecule has 2 nitrogen and oxygen atoms in total. The molecule has 3 unspecified atom stereocenters. The zero-order valence-corrected chi connectivity index (χ0v) is 12.5. The molecule has 1 heterocycles. The van der Waals surface area contributed by atoms with Crippen molar-refractivity contribution in [3.63, 3.8) is 0 Å². The van der Waals surface area contributed by atoms with Crippen LogP contribution in [0.4, 0.5) is 13.2 Å². The van der Waals surface area contributed by atoms with Crippen LogP contribution in [0.2, 0.25) is 0 Å². The smallest absolute Gasteiger partial charge is 0.311 e. The minimum atomic E-state index is -4.16. The Bertz CT molecular complexity index is 433. The fraction of sp³-hybridized carbons (Fsp3) is 0.625. The molecule has 21 heavy (non-hydrogen) atoms. The average Bonchev–Trinajstić information content (AvgIpc) is 2.45. The van der Waals surface area contributed by atoms with Gasteiger partial charge in [0.1, 0.15) is 0 Å². The molecule has 1 aromatic rings. The molecular weight excluding hydrogens is 277 g/mol. The van der Waals surface area contributed by atoms with Crippen LogP contribution in [0, 0.1) is 5.92 Å². The molecule has 1 saturated heterocycles. The van der Waals surface area contributed by atoms with Crippen LogP contribution in [0.3, 0.4) is 0 Å². The maximum Gasteiger partial charge on any atom is 0.401 e. The van der Waals surface area contributed by atoms with Crippen LogP contribution in [0.25, 0.3) is 0 Å². The van der Waals surface area contributed by atoms with Crippen LogP contribution < -0.4 is 5.32 Å². The molecular formula is C16H23F3N2. The zero-order valence-electron chi connectivity index (χ0n) is 12.5. The molecule has 3 atom stereocenters. The number of benzene rings is 1. The highest BCUT2D eigenvalue weighted by molar-refractivity contribution is 5.20. The van der Waals surface area contributed by atoms with Crippen LogP contribution in [0.5, 0.6) is 0 Å². The number of rotatable bonds is 4. The van der Waals surface area contributed by atoms with E-state index in [1.165, 1.54) is 0 Å². The summed E-state index contributed by atoms with van der Waals surface area (Å²) in [5, 5.41) is 3.43. The summed E-state index contributed by atoms with van der Waals surface area (Å²) in [4.78, 5) is 1.57. The number of piperazine rings is 1. The third-order valence-electron chi connectivity index (χ3n) is 4.34. The van der Waals surface area contributed by atoms with Crippen molar-refractivity contribution in [1.29, 1.82) is 0 Å². The molecule has 1 N–H and O–H groups in total. The van der Waals surface area contributed by atoms with Crippen molar-refractivity contribution < 1.29 is 13.2 Å². The summed E-state index contributed by atoms with van der Waals surface area (Å²) in [6, 6.07) is 9.35. The second-order valence-corrected chi connectivity index (χ2v) is 5.87. The predicted molar refractivity (Wildman–Crippen MR) is 78.1 cm³/mol. The number of hydrogen-bond donors (Lipinski definition) is 1. The normalized spacial score (nSPS) is 25.8. The Hall–Kier alpha value is -1.07. The number of nitrogens with zero attached hydrogens (tertiary/aromatic N) is 1. The molecule has 1 aliphatic heterocycles. The van der Waals surface area contributed by atoms with E-state index >= 15 is 0 Å². The van der Waals surface area contributed by atoms with Crippen LogP contribution in [0.15, 0.2) is 30.3 Å². The van der Waals surface area contributed by atoms with Crippen LogP contribution in [-0.2, 0) is 0 Å². The van der Waals surface area contributed by atoms with E-state index in [2.05, 4.69) is 19.2 Å². The lowest BCUT2D eigenvalue weighted by atomic mass is 9.93. The van der Waals surface area contributed by atoms with Crippen molar-refractivity contribution in [2.24, 2.45) is 5.92 Å². The fourth-order valence-corrected chi connectivity index (χ4v) is 2.91.